The van der Waals surface area contributed by atoms with Crippen LogP contribution in [0.3, 0.4) is 0 Å². The quantitative estimate of drug-likeness (QED) is 0.823. The average molecular weight is 268 g/mol. The number of hydrogen-bond acceptors (Lipinski definition) is 2. The molecule has 0 aromatic rings. The summed E-state index contributed by atoms with van der Waals surface area (Å²) in [5, 5.41) is 3.07. The van der Waals surface area contributed by atoms with Crippen molar-refractivity contribution < 1.29 is 4.79 Å². The lowest BCUT2D eigenvalue weighted by Crippen LogP contribution is -2.41. The molecule has 3 N–H and O–H groups in total. The van der Waals surface area contributed by atoms with Crippen molar-refractivity contribution in [3.05, 3.63) is 0 Å². The molecule has 1 aliphatic carbocycles. The van der Waals surface area contributed by atoms with Gasteiger partial charge in [-0.05, 0) is 49.9 Å². The average Bonchev–Trinajstić information content (AvgIpc) is 2.34. The fourth-order valence-electron chi connectivity index (χ4n) is 2.88. The molecule has 3 nitrogen and oxygen atoms in total. The molecule has 1 aliphatic rings. The Bertz CT molecular complexity index is 286. The van der Waals surface area contributed by atoms with Crippen LogP contribution in [-0.2, 0) is 4.79 Å². The monoisotopic (exact) mass is 268 g/mol. The summed E-state index contributed by atoms with van der Waals surface area (Å²) in [5.74, 6) is 1.50. The summed E-state index contributed by atoms with van der Waals surface area (Å²) in [6.07, 6.45) is 5.09. The molecule has 0 aromatic carbocycles. The Balaban J connectivity index is 2.29. The van der Waals surface area contributed by atoms with E-state index in [0.29, 0.717) is 11.3 Å². The minimum absolute atomic E-state index is 0.0726. The Kier molecular flexibility index (Phi) is 5.84. The molecule has 19 heavy (non-hydrogen) atoms. The van der Waals surface area contributed by atoms with Crippen LogP contribution >= 0.6 is 0 Å². The van der Waals surface area contributed by atoms with Gasteiger partial charge in [0.1, 0.15) is 0 Å². The minimum atomic E-state index is -0.0917. The summed E-state index contributed by atoms with van der Waals surface area (Å²) in [4.78, 5) is 11.9. The van der Waals surface area contributed by atoms with E-state index in [2.05, 4.69) is 26.1 Å². The predicted molar refractivity (Wildman–Crippen MR) is 80.7 cm³/mol. The third kappa shape index (κ3) is 5.13. The van der Waals surface area contributed by atoms with Gasteiger partial charge in [-0.15, -0.1) is 0 Å². The first kappa shape index (κ1) is 16.5. The van der Waals surface area contributed by atoms with Gasteiger partial charge in [-0.2, -0.15) is 0 Å². The van der Waals surface area contributed by atoms with Gasteiger partial charge in [-0.25, -0.2) is 0 Å². The van der Waals surface area contributed by atoms with Gasteiger partial charge in [0, 0.05) is 18.5 Å². The molecule has 0 heterocycles. The fourth-order valence-corrected chi connectivity index (χ4v) is 2.88. The van der Waals surface area contributed by atoms with Crippen LogP contribution in [0.1, 0.15) is 60.3 Å². The zero-order chi connectivity index (χ0) is 14.6. The molecule has 1 amide bonds. The summed E-state index contributed by atoms with van der Waals surface area (Å²) < 4.78 is 0. The molecule has 0 aliphatic heterocycles. The molecule has 0 saturated heterocycles. The highest BCUT2D eigenvalue weighted by atomic mass is 16.1. The number of carbonyl (C=O) groups is 1. The van der Waals surface area contributed by atoms with Crippen LogP contribution in [0, 0.1) is 23.2 Å². The van der Waals surface area contributed by atoms with E-state index in [1.807, 2.05) is 13.8 Å². The van der Waals surface area contributed by atoms with Gasteiger partial charge in [-0.3, -0.25) is 4.79 Å². The SMILES string of the molecule is CC(N)C(C)C(=O)NCC1CCC(C(C)(C)C)CC1. The Labute approximate surface area is 118 Å². The number of carbonyl (C=O) groups excluding carboxylic acids is 1. The van der Waals surface area contributed by atoms with E-state index in [0.717, 1.165) is 12.5 Å². The van der Waals surface area contributed by atoms with E-state index in [1.54, 1.807) is 0 Å². The largest absolute Gasteiger partial charge is 0.356 e. The molecule has 1 rings (SSSR count). The lowest BCUT2D eigenvalue weighted by Gasteiger charge is -2.37. The zero-order valence-electron chi connectivity index (χ0n) is 13.3. The molecule has 1 fully saturated rings. The second-order valence-electron chi connectivity index (χ2n) is 7.48. The Morgan fingerprint density at radius 3 is 2.16 bits per heavy atom. The third-order valence-electron chi connectivity index (χ3n) is 4.84. The van der Waals surface area contributed by atoms with Crippen LogP contribution in [0.4, 0.5) is 0 Å². The Morgan fingerprint density at radius 2 is 1.74 bits per heavy atom. The number of rotatable bonds is 4. The first-order chi connectivity index (χ1) is 8.71. The number of nitrogens with two attached hydrogens (primary N) is 1. The Morgan fingerprint density at radius 1 is 1.21 bits per heavy atom. The molecule has 0 bridgehead atoms. The van der Waals surface area contributed by atoms with Gasteiger partial charge in [0.05, 0.1) is 0 Å². The molecular formula is C16H32N2O. The van der Waals surface area contributed by atoms with Crippen LogP contribution in [0.2, 0.25) is 0 Å². The summed E-state index contributed by atoms with van der Waals surface area (Å²) in [5.41, 5.74) is 6.18. The number of amides is 1. The summed E-state index contributed by atoms with van der Waals surface area (Å²) in [6, 6.07) is -0.0726. The molecule has 0 radical (unpaired) electrons. The van der Waals surface area contributed by atoms with E-state index in [9.17, 15) is 4.79 Å². The van der Waals surface area contributed by atoms with Gasteiger partial charge in [0.25, 0.3) is 0 Å². The van der Waals surface area contributed by atoms with Crippen molar-refractivity contribution in [2.45, 2.75) is 66.3 Å². The zero-order valence-corrected chi connectivity index (χ0v) is 13.3. The van der Waals surface area contributed by atoms with E-state index in [-0.39, 0.29) is 17.9 Å². The second-order valence-corrected chi connectivity index (χ2v) is 7.48. The van der Waals surface area contributed by atoms with E-state index < -0.39 is 0 Å². The summed E-state index contributed by atoms with van der Waals surface area (Å²) in [6.45, 7) is 11.6. The topological polar surface area (TPSA) is 55.1 Å². The van der Waals surface area contributed by atoms with Crippen LogP contribution in [-0.4, -0.2) is 18.5 Å². The second kappa shape index (κ2) is 6.74. The summed E-state index contributed by atoms with van der Waals surface area (Å²) >= 11 is 0. The standard InChI is InChI=1S/C16H32N2O/c1-11(12(2)17)15(19)18-10-13-6-8-14(9-7-13)16(3,4)5/h11-14H,6-10,17H2,1-5H3,(H,18,19). The minimum Gasteiger partial charge on any atom is -0.356 e. The maximum atomic E-state index is 11.9. The molecule has 2 atom stereocenters. The van der Waals surface area contributed by atoms with Gasteiger partial charge < -0.3 is 11.1 Å². The van der Waals surface area contributed by atoms with Gasteiger partial charge in [0.15, 0.2) is 0 Å². The smallest absolute Gasteiger partial charge is 0.224 e. The van der Waals surface area contributed by atoms with Crippen molar-refractivity contribution >= 4 is 5.91 Å². The lowest BCUT2D eigenvalue weighted by atomic mass is 9.70. The van der Waals surface area contributed by atoms with Crippen molar-refractivity contribution in [2.24, 2.45) is 28.9 Å². The summed E-state index contributed by atoms with van der Waals surface area (Å²) in [7, 11) is 0. The molecule has 0 spiro atoms. The van der Waals surface area contributed by atoms with E-state index >= 15 is 0 Å². The number of hydrogen-bond donors (Lipinski definition) is 2. The lowest BCUT2D eigenvalue weighted by molar-refractivity contribution is -0.125. The van der Waals surface area contributed by atoms with E-state index in [4.69, 9.17) is 5.73 Å². The first-order valence-electron chi connectivity index (χ1n) is 7.75. The third-order valence-corrected chi connectivity index (χ3v) is 4.84. The highest BCUT2D eigenvalue weighted by Gasteiger charge is 2.29. The molecular weight excluding hydrogens is 236 g/mol. The molecule has 3 heteroatoms. The maximum absolute atomic E-state index is 11.9. The van der Waals surface area contributed by atoms with Crippen molar-refractivity contribution in [1.82, 2.24) is 5.32 Å². The van der Waals surface area contributed by atoms with Crippen LogP contribution in [0.5, 0.6) is 0 Å². The van der Waals surface area contributed by atoms with Crippen molar-refractivity contribution in [3.63, 3.8) is 0 Å². The van der Waals surface area contributed by atoms with Gasteiger partial charge in [0.2, 0.25) is 5.91 Å². The first-order valence-corrected chi connectivity index (χ1v) is 7.75. The Hall–Kier alpha value is -0.570. The highest BCUT2D eigenvalue weighted by molar-refractivity contribution is 5.78. The normalized spacial score (nSPS) is 27.7. The molecule has 112 valence electrons. The van der Waals surface area contributed by atoms with E-state index in [1.165, 1.54) is 25.7 Å². The van der Waals surface area contributed by atoms with Crippen molar-refractivity contribution in [2.75, 3.05) is 6.54 Å². The fraction of sp³-hybridized carbons (Fsp3) is 0.938. The van der Waals surface area contributed by atoms with Gasteiger partial charge >= 0.3 is 0 Å². The highest BCUT2D eigenvalue weighted by Crippen LogP contribution is 2.39. The molecule has 0 aromatic heterocycles. The van der Waals surface area contributed by atoms with Gasteiger partial charge in [-0.1, -0.05) is 27.7 Å². The predicted octanol–water partition coefficient (Wildman–Crippen LogP) is 2.94. The van der Waals surface area contributed by atoms with Crippen molar-refractivity contribution in [1.29, 1.82) is 0 Å². The van der Waals surface area contributed by atoms with Crippen LogP contribution in [0.15, 0.2) is 0 Å². The number of nitrogens with one attached hydrogen (secondary N) is 1. The van der Waals surface area contributed by atoms with Crippen LogP contribution < -0.4 is 11.1 Å². The van der Waals surface area contributed by atoms with Crippen molar-refractivity contribution in [3.8, 4) is 0 Å². The van der Waals surface area contributed by atoms with Crippen LogP contribution in [0.25, 0.3) is 0 Å². The molecule has 2 unspecified atom stereocenters. The maximum Gasteiger partial charge on any atom is 0.224 e. The molecule has 1 saturated carbocycles.